The first-order valence-corrected chi connectivity index (χ1v) is 6.50. The molecule has 1 aromatic carbocycles. The molecule has 3 heterocycles. The molecule has 1 amide bonds. The molecule has 0 spiro atoms. The van der Waals surface area contributed by atoms with E-state index in [9.17, 15) is 4.79 Å². The van der Waals surface area contributed by atoms with Gasteiger partial charge < -0.3 is 15.2 Å². The molecule has 0 radical (unpaired) electrons. The van der Waals surface area contributed by atoms with Gasteiger partial charge in [-0.25, -0.2) is 9.97 Å². The quantitative estimate of drug-likeness (QED) is 0.671. The van der Waals surface area contributed by atoms with Crippen LogP contribution in [-0.4, -0.2) is 32.4 Å². The van der Waals surface area contributed by atoms with E-state index < -0.39 is 0 Å². The molecule has 0 saturated heterocycles. The van der Waals surface area contributed by atoms with Crippen molar-refractivity contribution in [1.29, 1.82) is 0 Å². The van der Waals surface area contributed by atoms with Crippen LogP contribution in [0.2, 0.25) is 0 Å². The number of imidazole rings is 1. The fourth-order valence-electron chi connectivity index (χ4n) is 2.85. The van der Waals surface area contributed by atoms with E-state index in [0.717, 1.165) is 40.7 Å². The highest BCUT2D eigenvalue weighted by molar-refractivity contribution is 6.06. The average molecular weight is 267 g/mol. The van der Waals surface area contributed by atoms with Gasteiger partial charge in [0.1, 0.15) is 11.3 Å². The highest BCUT2D eigenvalue weighted by Gasteiger charge is 2.22. The molecule has 6 heteroatoms. The first-order valence-electron chi connectivity index (χ1n) is 6.50. The van der Waals surface area contributed by atoms with Crippen molar-refractivity contribution >= 4 is 34.2 Å². The van der Waals surface area contributed by atoms with E-state index in [-0.39, 0.29) is 0 Å². The second kappa shape index (κ2) is 3.93. The summed E-state index contributed by atoms with van der Waals surface area (Å²) in [4.78, 5) is 21.6. The Labute approximate surface area is 114 Å². The van der Waals surface area contributed by atoms with E-state index in [1.165, 1.54) is 0 Å². The number of nitrogens with two attached hydrogens (primary N) is 1. The van der Waals surface area contributed by atoms with Gasteiger partial charge in [-0.3, -0.25) is 4.79 Å². The number of amides is 1. The predicted octanol–water partition coefficient (Wildman–Crippen LogP) is 1.14. The summed E-state index contributed by atoms with van der Waals surface area (Å²) in [5.74, 6) is 1.31. The van der Waals surface area contributed by atoms with Crippen molar-refractivity contribution in [3.8, 4) is 0 Å². The maximum atomic E-state index is 10.9. The maximum absolute atomic E-state index is 10.9. The van der Waals surface area contributed by atoms with Crippen molar-refractivity contribution in [2.24, 2.45) is 0 Å². The highest BCUT2D eigenvalue weighted by atomic mass is 16.1. The Morgan fingerprint density at radius 2 is 2.05 bits per heavy atom. The fourth-order valence-corrected chi connectivity index (χ4v) is 2.85. The topological polar surface area (TPSA) is 77.0 Å². The molecule has 6 nitrogen and oxygen atoms in total. The number of rotatable bonds is 1. The molecule has 20 heavy (non-hydrogen) atoms. The summed E-state index contributed by atoms with van der Waals surface area (Å²) in [5.41, 5.74) is 8.65. The molecule has 0 aliphatic carbocycles. The molecule has 0 atom stereocenters. The molecule has 3 aromatic rings. The summed E-state index contributed by atoms with van der Waals surface area (Å²) < 4.78 is 2.15. The lowest BCUT2D eigenvalue weighted by molar-refractivity contribution is -0.119. The lowest BCUT2D eigenvalue weighted by Gasteiger charge is -2.24. The van der Waals surface area contributed by atoms with Gasteiger partial charge in [0.2, 0.25) is 6.41 Å². The van der Waals surface area contributed by atoms with Crippen LogP contribution in [0.1, 0.15) is 5.82 Å². The van der Waals surface area contributed by atoms with Crippen LogP contribution >= 0.6 is 0 Å². The van der Waals surface area contributed by atoms with Crippen molar-refractivity contribution in [1.82, 2.24) is 19.4 Å². The molecule has 0 unspecified atom stereocenters. The zero-order valence-electron chi connectivity index (χ0n) is 10.8. The molecule has 2 aromatic heterocycles. The second-order valence-corrected chi connectivity index (χ2v) is 4.97. The van der Waals surface area contributed by atoms with Gasteiger partial charge in [-0.05, 0) is 6.07 Å². The van der Waals surface area contributed by atoms with Crippen LogP contribution in [0.15, 0.2) is 24.3 Å². The van der Waals surface area contributed by atoms with E-state index in [4.69, 9.17) is 5.73 Å². The largest absolute Gasteiger partial charge is 0.382 e. The SMILES string of the molecule is Nc1nc2ccccc2c2c1nc1n2CCN(C=O)C1. The van der Waals surface area contributed by atoms with Crippen LogP contribution in [0, 0.1) is 0 Å². The van der Waals surface area contributed by atoms with Crippen LogP contribution in [0.5, 0.6) is 0 Å². The molecule has 0 fully saturated rings. The van der Waals surface area contributed by atoms with Crippen LogP contribution in [0.25, 0.3) is 21.9 Å². The van der Waals surface area contributed by atoms with Crippen molar-refractivity contribution in [2.75, 3.05) is 12.3 Å². The lowest BCUT2D eigenvalue weighted by atomic mass is 10.2. The highest BCUT2D eigenvalue weighted by Crippen LogP contribution is 2.30. The van der Waals surface area contributed by atoms with E-state index in [1.54, 1.807) is 4.90 Å². The zero-order chi connectivity index (χ0) is 13.7. The minimum absolute atomic E-state index is 0.443. The van der Waals surface area contributed by atoms with Crippen molar-refractivity contribution in [3.05, 3.63) is 30.1 Å². The number of aromatic nitrogens is 3. The third kappa shape index (κ3) is 1.41. The summed E-state index contributed by atoms with van der Waals surface area (Å²) in [6.07, 6.45) is 0.864. The lowest BCUT2D eigenvalue weighted by Crippen LogP contribution is -2.32. The number of carbonyl (C=O) groups excluding carboxylic acids is 1. The first kappa shape index (κ1) is 11.2. The van der Waals surface area contributed by atoms with Crippen molar-refractivity contribution < 1.29 is 4.79 Å². The number of para-hydroxylation sites is 1. The van der Waals surface area contributed by atoms with Gasteiger partial charge in [0.15, 0.2) is 5.82 Å². The number of anilines is 1. The number of benzene rings is 1. The summed E-state index contributed by atoms with van der Waals surface area (Å²) in [7, 11) is 0. The van der Waals surface area contributed by atoms with E-state index in [0.29, 0.717) is 18.9 Å². The molecular weight excluding hydrogens is 254 g/mol. The third-order valence-electron chi connectivity index (χ3n) is 3.79. The van der Waals surface area contributed by atoms with Crippen molar-refractivity contribution in [2.45, 2.75) is 13.1 Å². The van der Waals surface area contributed by atoms with Gasteiger partial charge in [0.25, 0.3) is 0 Å². The number of fused-ring (bicyclic) bond motifs is 5. The number of nitrogen functional groups attached to an aromatic ring is 1. The summed E-state index contributed by atoms with van der Waals surface area (Å²) in [6, 6.07) is 7.92. The molecule has 2 N–H and O–H groups in total. The summed E-state index contributed by atoms with van der Waals surface area (Å²) in [6.45, 7) is 1.95. The molecule has 4 rings (SSSR count). The van der Waals surface area contributed by atoms with E-state index in [2.05, 4.69) is 14.5 Å². The molecule has 0 saturated carbocycles. The Bertz CT molecular complexity index is 838. The van der Waals surface area contributed by atoms with Gasteiger partial charge >= 0.3 is 0 Å². The standard InChI is InChI=1S/C14H13N5O/c15-14-12-13(9-3-1-2-4-10(9)16-14)19-6-5-18(8-20)7-11(19)17-12/h1-4,8H,5-7H2,(H2,15,16). The predicted molar refractivity (Wildman–Crippen MR) is 75.9 cm³/mol. The minimum atomic E-state index is 0.443. The van der Waals surface area contributed by atoms with E-state index >= 15 is 0 Å². The van der Waals surface area contributed by atoms with Gasteiger partial charge in [-0.1, -0.05) is 18.2 Å². The van der Waals surface area contributed by atoms with Crippen LogP contribution in [0.3, 0.4) is 0 Å². The average Bonchev–Trinajstić information content (AvgIpc) is 2.86. The van der Waals surface area contributed by atoms with Gasteiger partial charge in [-0.15, -0.1) is 0 Å². The molecule has 0 bridgehead atoms. The van der Waals surface area contributed by atoms with Gasteiger partial charge in [-0.2, -0.15) is 0 Å². The van der Waals surface area contributed by atoms with Crippen molar-refractivity contribution in [3.63, 3.8) is 0 Å². The van der Waals surface area contributed by atoms with Crippen LogP contribution in [-0.2, 0) is 17.9 Å². The Morgan fingerprint density at radius 3 is 2.90 bits per heavy atom. The Morgan fingerprint density at radius 1 is 1.20 bits per heavy atom. The second-order valence-electron chi connectivity index (χ2n) is 4.97. The number of carbonyl (C=O) groups is 1. The fraction of sp³-hybridized carbons (Fsp3) is 0.214. The molecule has 1 aliphatic heterocycles. The van der Waals surface area contributed by atoms with Crippen LogP contribution in [0.4, 0.5) is 5.82 Å². The van der Waals surface area contributed by atoms with Gasteiger partial charge in [0.05, 0.1) is 17.6 Å². The molecular formula is C14H13N5O. The molecule has 1 aliphatic rings. The van der Waals surface area contributed by atoms with Gasteiger partial charge in [0, 0.05) is 18.5 Å². The Kier molecular flexibility index (Phi) is 2.20. The monoisotopic (exact) mass is 267 g/mol. The third-order valence-corrected chi connectivity index (χ3v) is 3.79. The maximum Gasteiger partial charge on any atom is 0.210 e. The first-order chi connectivity index (χ1) is 9.78. The van der Waals surface area contributed by atoms with E-state index in [1.807, 2.05) is 24.3 Å². The van der Waals surface area contributed by atoms with Crippen LogP contribution < -0.4 is 5.73 Å². The Hall–Kier alpha value is -2.63. The normalized spacial score (nSPS) is 14.7. The smallest absolute Gasteiger partial charge is 0.210 e. The Balaban J connectivity index is 2.09. The number of nitrogens with zero attached hydrogens (tertiary/aromatic N) is 4. The zero-order valence-corrected chi connectivity index (χ0v) is 10.8. The number of hydrogen-bond donors (Lipinski definition) is 1. The number of pyridine rings is 1. The molecule has 100 valence electrons. The minimum Gasteiger partial charge on any atom is -0.382 e. The summed E-state index contributed by atoms with van der Waals surface area (Å²) in [5, 5.41) is 1.05. The summed E-state index contributed by atoms with van der Waals surface area (Å²) >= 11 is 0. The number of hydrogen-bond acceptors (Lipinski definition) is 4.